The topological polar surface area (TPSA) is 72.4 Å². The number of hydrogen-bond donors (Lipinski definition) is 0. The van der Waals surface area contributed by atoms with Crippen LogP contribution in [0.3, 0.4) is 0 Å². The van der Waals surface area contributed by atoms with Crippen LogP contribution in [-0.2, 0) is 15.1 Å². The molecule has 0 aromatic carbocycles. The molecule has 0 bridgehead atoms. The van der Waals surface area contributed by atoms with Gasteiger partial charge in [0.15, 0.2) is 0 Å². The maximum atomic E-state index is 12.9. The molecule has 0 radical (unpaired) electrons. The van der Waals surface area contributed by atoms with Crippen LogP contribution in [0, 0.1) is 0 Å². The summed E-state index contributed by atoms with van der Waals surface area (Å²) in [4.78, 5) is 36.5. The molecule has 3 heterocycles. The van der Waals surface area contributed by atoms with E-state index in [9.17, 15) is 9.59 Å². The van der Waals surface area contributed by atoms with E-state index in [1.807, 2.05) is 13.8 Å². The lowest BCUT2D eigenvalue weighted by atomic mass is 10.0. The van der Waals surface area contributed by atoms with Crippen LogP contribution in [0.1, 0.15) is 42.9 Å². The minimum atomic E-state index is -0.654. The molecule has 0 saturated carbocycles. The molecule has 1 aliphatic rings. The third-order valence-corrected chi connectivity index (χ3v) is 5.89. The van der Waals surface area contributed by atoms with Gasteiger partial charge in [0.05, 0.1) is 28.3 Å². The number of aromatic nitrogens is 2. The van der Waals surface area contributed by atoms with E-state index in [2.05, 4.69) is 9.97 Å². The van der Waals surface area contributed by atoms with Crippen molar-refractivity contribution in [1.29, 1.82) is 0 Å². The lowest BCUT2D eigenvalue weighted by Gasteiger charge is -2.35. The molecule has 1 aliphatic heterocycles. The number of carbonyl (C=O) groups excluding carboxylic acids is 2. The molecule has 132 valence electrons. The Morgan fingerprint density at radius 3 is 2.80 bits per heavy atom. The van der Waals surface area contributed by atoms with Crippen LogP contribution in [0.5, 0.6) is 0 Å². The average Bonchev–Trinajstić information content (AvgIpc) is 3.07. The van der Waals surface area contributed by atoms with Crippen LogP contribution in [0.25, 0.3) is 10.6 Å². The first kappa shape index (κ1) is 17.8. The summed E-state index contributed by atoms with van der Waals surface area (Å²) < 4.78 is 5.08. The van der Waals surface area contributed by atoms with Gasteiger partial charge in [-0.05, 0) is 51.4 Å². The van der Waals surface area contributed by atoms with Crippen molar-refractivity contribution in [2.45, 2.75) is 39.3 Å². The highest BCUT2D eigenvalue weighted by molar-refractivity contribution is 7.16. The van der Waals surface area contributed by atoms with E-state index in [1.165, 1.54) is 11.3 Å². The van der Waals surface area contributed by atoms with Gasteiger partial charge in [0.25, 0.3) is 5.91 Å². The molecule has 2 aromatic rings. The smallest absolute Gasteiger partial charge is 0.328 e. The van der Waals surface area contributed by atoms with Gasteiger partial charge in [0.2, 0.25) is 5.28 Å². The fraction of sp³-hybridized carbons (Fsp3) is 0.412. The number of halogens is 1. The monoisotopic (exact) mass is 379 g/mol. The molecule has 0 aliphatic carbocycles. The van der Waals surface area contributed by atoms with Gasteiger partial charge in [-0.3, -0.25) is 4.79 Å². The van der Waals surface area contributed by atoms with Gasteiger partial charge >= 0.3 is 5.97 Å². The zero-order valence-electron chi connectivity index (χ0n) is 14.4. The summed E-state index contributed by atoms with van der Waals surface area (Å²) in [7, 11) is 0. The zero-order chi connectivity index (χ0) is 18.4. The lowest BCUT2D eigenvalue weighted by Crippen LogP contribution is -2.49. The van der Waals surface area contributed by atoms with Crippen LogP contribution < -0.4 is 0 Å². The van der Waals surface area contributed by atoms with Gasteiger partial charge in [-0.25, -0.2) is 14.8 Å². The minimum absolute atomic E-state index is 0.161. The highest BCUT2D eigenvalue weighted by Gasteiger charge is 2.49. The summed E-state index contributed by atoms with van der Waals surface area (Å²) in [5.41, 5.74) is 0.655. The van der Waals surface area contributed by atoms with E-state index in [-0.39, 0.29) is 17.8 Å². The van der Waals surface area contributed by atoms with E-state index < -0.39 is 17.6 Å². The molecular formula is C17H18ClN3O3S. The Hall–Kier alpha value is -1.99. The average molecular weight is 380 g/mol. The van der Waals surface area contributed by atoms with E-state index >= 15 is 0 Å². The van der Waals surface area contributed by atoms with Crippen LogP contribution in [0.15, 0.2) is 18.3 Å². The fourth-order valence-corrected chi connectivity index (χ4v) is 4.49. The minimum Gasteiger partial charge on any atom is -0.464 e. The largest absolute Gasteiger partial charge is 0.464 e. The van der Waals surface area contributed by atoms with Crippen molar-refractivity contribution in [2.75, 3.05) is 6.61 Å². The van der Waals surface area contributed by atoms with Gasteiger partial charge in [-0.2, -0.15) is 0 Å². The third kappa shape index (κ3) is 2.91. The van der Waals surface area contributed by atoms with Crippen LogP contribution in [-0.4, -0.2) is 39.4 Å². The van der Waals surface area contributed by atoms with Crippen molar-refractivity contribution in [3.8, 4) is 10.6 Å². The Morgan fingerprint density at radius 2 is 2.20 bits per heavy atom. The first-order valence-corrected chi connectivity index (χ1v) is 9.10. The Kier molecular flexibility index (Phi) is 4.55. The number of esters is 1. The molecule has 0 spiro atoms. The van der Waals surface area contributed by atoms with E-state index in [4.69, 9.17) is 16.3 Å². The van der Waals surface area contributed by atoms with Gasteiger partial charge in [0.1, 0.15) is 6.04 Å². The summed E-state index contributed by atoms with van der Waals surface area (Å²) in [5.74, 6) is -0.579. The highest BCUT2D eigenvalue weighted by Crippen LogP contribution is 2.46. The number of ether oxygens (including phenoxy) is 1. The SMILES string of the molecule is CCOC(=O)C(C)N1C(=O)c2cc(-c3ccnc(Cl)n3)sc2C1(C)C. The fourth-order valence-electron chi connectivity index (χ4n) is 3.12. The van der Waals surface area contributed by atoms with Crippen molar-refractivity contribution in [3.63, 3.8) is 0 Å². The second-order valence-electron chi connectivity index (χ2n) is 6.23. The number of hydrogen-bond acceptors (Lipinski definition) is 6. The highest BCUT2D eigenvalue weighted by atomic mass is 35.5. The molecule has 0 saturated heterocycles. The quantitative estimate of drug-likeness (QED) is 0.600. The number of rotatable bonds is 4. The molecule has 0 N–H and O–H groups in total. The first-order valence-electron chi connectivity index (χ1n) is 7.91. The molecule has 6 nitrogen and oxygen atoms in total. The summed E-state index contributed by atoms with van der Waals surface area (Å²) in [5, 5.41) is 0.161. The Labute approximate surface area is 154 Å². The van der Waals surface area contributed by atoms with Crippen molar-refractivity contribution in [1.82, 2.24) is 14.9 Å². The Bertz CT molecular complexity index is 849. The molecule has 8 heteroatoms. The number of nitrogens with zero attached hydrogens (tertiary/aromatic N) is 3. The summed E-state index contributed by atoms with van der Waals surface area (Å²) in [6.07, 6.45) is 1.58. The summed E-state index contributed by atoms with van der Waals surface area (Å²) >= 11 is 7.34. The summed E-state index contributed by atoms with van der Waals surface area (Å²) in [6.45, 7) is 7.59. The van der Waals surface area contributed by atoms with Gasteiger partial charge in [-0.1, -0.05) is 0 Å². The van der Waals surface area contributed by atoms with Crippen LogP contribution >= 0.6 is 22.9 Å². The lowest BCUT2D eigenvalue weighted by molar-refractivity contribution is -0.149. The molecule has 1 atom stereocenters. The number of amides is 1. The second-order valence-corrected chi connectivity index (χ2v) is 7.62. The van der Waals surface area contributed by atoms with Crippen LogP contribution in [0.4, 0.5) is 0 Å². The van der Waals surface area contributed by atoms with Crippen molar-refractivity contribution < 1.29 is 14.3 Å². The molecule has 1 amide bonds. The predicted octanol–water partition coefficient (Wildman–Crippen LogP) is 3.50. The molecule has 2 aromatic heterocycles. The van der Waals surface area contributed by atoms with E-state index in [0.717, 1.165) is 9.75 Å². The van der Waals surface area contributed by atoms with Gasteiger partial charge < -0.3 is 9.64 Å². The standard InChI is InChI=1S/C17H18ClN3O3S/c1-5-24-15(23)9(2)21-14(22)10-8-12(25-13(10)17(21,3)4)11-6-7-19-16(18)20-11/h6-9H,5H2,1-4H3. The molecule has 3 rings (SSSR count). The van der Waals surface area contributed by atoms with Crippen molar-refractivity contribution >= 4 is 34.8 Å². The van der Waals surface area contributed by atoms with Gasteiger partial charge in [0, 0.05) is 11.1 Å². The number of thiophene rings is 1. The number of fused-ring (bicyclic) bond motifs is 1. The normalized spacial score (nSPS) is 16.7. The Morgan fingerprint density at radius 1 is 1.48 bits per heavy atom. The zero-order valence-corrected chi connectivity index (χ0v) is 15.9. The van der Waals surface area contributed by atoms with Crippen molar-refractivity contribution in [2.24, 2.45) is 0 Å². The maximum absolute atomic E-state index is 12.9. The molecular weight excluding hydrogens is 362 g/mol. The molecule has 1 unspecified atom stereocenters. The summed E-state index contributed by atoms with van der Waals surface area (Å²) in [6, 6.07) is 2.91. The molecule has 0 fully saturated rings. The molecule has 25 heavy (non-hydrogen) atoms. The van der Waals surface area contributed by atoms with E-state index in [1.54, 1.807) is 37.1 Å². The van der Waals surface area contributed by atoms with Crippen LogP contribution in [0.2, 0.25) is 5.28 Å². The Balaban J connectivity index is 1.98. The predicted molar refractivity (Wildman–Crippen MR) is 95.6 cm³/mol. The third-order valence-electron chi connectivity index (χ3n) is 4.23. The second kappa shape index (κ2) is 6.38. The van der Waals surface area contributed by atoms with E-state index in [0.29, 0.717) is 11.3 Å². The van der Waals surface area contributed by atoms with Crippen molar-refractivity contribution in [3.05, 3.63) is 34.1 Å². The maximum Gasteiger partial charge on any atom is 0.328 e. The van der Waals surface area contributed by atoms with Gasteiger partial charge in [-0.15, -0.1) is 11.3 Å². The number of carbonyl (C=O) groups is 2. The first-order chi connectivity index (χ1) is 11.8.